The summed E-state index contributed by atoms with van der Waals surface area (Å²) >= 11 is 12.5. The van der Waals surface area contributed by atoms with Crippen LogP contribution in [0.25, 0.3) is 5.57 Å². The number of piperidine rings is 1. The minimum Gasteiger partial charge on any atom is -0.496 e. The second kappa shape index (κ2) is 8.32. The summed E-state index contributed by atoms with van der Waals surface area (Å²) in [4.78, 5) is 30.4. The number of imide groups is 1. The maximum absolute atomic E-state index is 13.6. The molecule has 1 atom stereocenters. The van der Waals surface area contributed by atoms with E-state index in [9.17, 15) is 9.59 Å². The van der Waals surface area contributed by atoms with E-state index in [2.05, 4.69) is 6.92 Å². The van der Waals surface area contributed by atoms with E-state index in [1.54, 1.807) is 37.4 Å². The molecule has 0 aromatic heterocycles. The maximum Gasteiger partial charge on any atom is 0.282 e. The first-order valence-corrected chi connectivity index (χ1v) is 10.6. The van der Waals surface area contributed by atoms with Gasteiger partial charge in [0.15, 0.2) is 0 Å². The zero-order chi connectivity index (χ0) is 21.4. The van der Waals surface area contributed by atoms with Gasteiger partial charge in [-0.3, -0.25) is 9.59 Å². The summed E-state index contributed by atoms with van der Waals surface area (Å²) in [7, 11) is 1.55. The summed E-state index contributed by atoms with van der Waals surface area (Å²) in [6, 6.07) is 12.0. The first-order valence-electron chi connectivity index (χ1n) is 9.88. The van der Waals surface area contributed by atoms with Crippen LogP contribution in [0.1, 0.15) is 25.3 Å². The van der Waals surface area contributed by atoms with E-state index >= 15 is 0 Å². The number of amides is 2. The van der Waals surface area contributed by atoms with Crippen molar-refractivity contribution in [3.8, 4) is 5.75 Å². The summed E-state index contributed by atoms with van der Waals surface area (Å²) in [5.74, 6) is 0.146. The number of benzene rings is 2. The Morgan fingerprint density at radius 2 is 1.83 bits per heavy atom. The Kier molecular flexibility index (Phi) is 5.76. The van der Waals surface area contributed by atoms with Crippen molar-refractivity contribution in [1.29, 1.82) is 0 Å². The molecule has 2 aliphatic rings. The Bertz CT molecular complexity index is 1050. The normalized spacial score (nSPS) is 19.7. The second-order valence-electron chi connectivity index (χ2n) is 7.66. The molecular formula is C23H22Cl2N2O3. The van der Waals surface area contributed by atoms with Crippen molar-refractivity contribution in [2.45, 2.75) is 19.8 Å². The second-order valence-corrected chi connectivity index (χ2v) is 8.50. The predicted molar refractivity (Wildman–Crippen MR) is 119 cm³/mol. The maximum atomic E-state index is 13.6. The summed E-state index contributed by atoms with van der Waals surface area (Å²) in [5.41, 5.74) is 1.61. The van der Waals surface area contributed by atoms with Crippen LogP contribution in [0.3, 0.4) is 0 Å². The lowest BCUT2D eigenvalue weighted by Gasteiger charge is -2.33. The van der Waals surface area contributed by atoms with Gasteiger partial charge in [0.25, 0.3) is 11.8 Å². The largest absolute Gasteiger partial charge is 0.496 e. The number of anilines is 1. The van der Waals surface area contributed by atoms with Crippen molar-refractivity contribution in [2.24, 2.45) is 5.92 Å². The molecule has 0 radical (unpaired) electrons. The number of ether oxygens (including phenoxy) is 1. The van der Waals surface area contributed by atoms with Crippen molar-refractivity contribution in [3.05, 3.63) is 63.8 Å². The van der Waals surface area contributed by atoms with Gasteiger partial charge in [-0.15, -0.1) is 0 Å². The van der Waals surface area contributed by atoms with Crippen molar-refractivity contribution in [2.75, 3.05) is 25.1 Å². The molecule has 1 unspecified atom stereocenters. The van der Waals surface area contributed by atoms with Crippen LogP contribution in [0.5, 0.6) is 5.75 Å². The molecule has 30 heavy (non-hydrogen) atoms. The van der Waals surface area contributed by atoms with Crippen LogP contribution in [0.4, 0.5) is 5.69 Å². The lowest BCUT2D eigenvalue weighted by atomic mass is 9.97. The van der Waals surface area contributed by atoms with Gasteiger partial charge >= 0.3 is 0 Å². The lowest BCUT2D eigenvalue weighted by Crippen LogP contribution is -2.39. The predicted octanol–water partition coefficient (Wildman–Crippen LogP) is 5.02. The van der Waals surface area contributed by atoms with Gasteiger partial charge in [-0.05, 0) is 43.0 Å². The SMILES string of the molecule is COc1ccccc1C1=C(N2CCCC(C)C2)C(=O)N(c2cc(Cl)ccc2Cl)C1=O. The van der Waals surface area contributed by atoms with E-state index in [0.29, 0.717) is 46.6 Å². The van der Waals surface area contributed by atoms with Crippen LogP contribution in [0.2, 0.25) is 10.0 Å². The highest BCUT2D eigenvalue weighted by Gasteiger charge is 2.44. The van der Waals surface area contributed by atoms with Gasteiger partial charge in [-0.2, -0.15) is 0 Å². The molecule has 0 aliphatic carbocycles. The van der Waals surface area contributed by atoms with Crippen molar-refractivity contribution in [3.63, 3.8) is 0 Å². The highest BCUT2D eigenvalue weighted by Crippen LogP contribution is 2.41. The number of likely N-dealkylation sites (tertiary alicyclic amines) is 1. The Labute approximate surface area is 185 Å². The molecule has 1 saturated heterocycles. The Balaban J connectivity index is 1.90. The van der Waals surface area contributed by atoms with Crippen molar-refractivity contribution in [1.82, 2.24) is 4.90 Å². The molecule has 2 heterocycles. The molecule has 2 amide bonds. The lowest BCUT2D eigenvalue weighted by molar-refractivity contribution is -0.120. The fourth-order valence-corrected chi connectivity index (χ4v) is 4.54. The quantitative estimate of drug-likeness (QED) is 0.621. The van der Waals surface area contributed by atoms with Crippen LogP contribution in [-0.4, -0.2) is 36.9 Å². The molecule has 1 fully saturated rings. The van der Waals surface area contributed by atoms with Gasteiger partial charge in [-0.25, -0.2) is 4.90 Å². The van der Waals surface area contributed by atoms with Crippen LogP contribution in [-0.2, 0) is 9.59 Å². The zero-order valence-electron chi connectivity index (χ0n) is 16.8. The molecule has 0 bridgehead atoms. The number of methoxy groups -OCH3 is 1. The minimum absolute atomic E-state index is 0.284. The molecule has 4 rings (SSSR count). The van der Waals surface area contributed by atoms with Crippen LogP contribution < -0.4 is 9.64 Å². The van der Waals surface area contributed by atoms with E-state index in [-0.39, 0.29) is 16.6 Å². The monoisotopic (exact) mass is 444 g/mol. The summed E-state index contributed by atoms with van der Waals surface area (Å²) in [6.07, 6.45) is 2.06. The fraction of sp³-hybridized carbons (Fsp3) is 0.304. The van der Waals surface area contributed by atoms with Gasteiger partial charge in [0.2, 0.25) is 0 Å². The molecule has 0 saturated carbocycles. The molecule has 2 aromatic rings. The van der Waals surface area contributed by atoms with Crippen LogP contribution in [0, 0.1) is 5.92 Å². The molecule has 2 aromatic carbocycles. The van der Waals surface area contributed by atoms with E-state index in [1.165, 1.54) is 0 Å². The number of carbonyl (C=O) groups excluding carboxylic acids is 2. The summed E-state index contributed by atoms with van der Waals surface area (Å²) in [5, 5.41) is 0.683. The third-order valence-electron chi connectivity index (χ3n) is 5.56. The van der Waals surface area contributed by atoms with Crippen molar-refractivity contribution >= 4 is 46.3 Å². The highest BCUT2D eigenvalue weighted by molar-refractivity contribution is 6.48. The first kappa shape index (κ1) is 20.8. The highest BCUT2D eigenvalue weighted by atomic mass is 35.5. The Morgan fingerprint density at radius 3 is 2.57 bits per heavy atom. The Hall–Kier alpha value is -2.50. The molecule has 2 aliphatic heterocycles. The number of carbonyl (C=O) groups is 2. The number of hydrogen-bond acceptors (Lipinski definition) is 4. The summed E-state index contributed by atoms with van der Waals surface area (Å²) < 4.78 is 5.50. The van der Waals surface area contributed by atoms with Crippen LogP contribution in [0.15, 0.2) is 48.2 Å². The fourth-order valence-electron chi connectivity index (χ4n) is 4.17. The topological polar surface area (TPSA) is 49.9 Å². The smallest absolute Gasteiger partial charge is 0.282 e. The third-order valence-corrected chi connectivity index (χ3v) is 6.11. The minimum atomic E-state index is -0.429. The molecule has 7 heteroatoms. The molecule has 0 spiro atoms. The summed E-state index contributed by atoms with van der Waals surface area (Å²) in [6.45, 7) is 3.58. The zero-order valence-corrected chi connectivity index (χ0v) is 18.3. The third kappa shape index (κ3) is 3.57. The van der Waals surface area contributed by atoms with Gasteiger partial charge in [-0.1, -0.05) is 48.3 Å². The van der Waals surface area contributed by atoms with Gasteiger partial charge in [0.1, 0.15) is 11.4 Å². The van der Waals surface area contributed by atoms with Crippen molar-refractivity contribution < 1.29 is 14.3 Å². The number of para-hydroxylation sites is 1. The number of halogens is 2. The average molecular weight is 445 g/mol. The van der Waals surface area contributed by atoms with E-state index in [4.69, 9.17) is 27.9 Å². The number of rotatable bonds is 4. The standard InChI is InChI=1S/C23H22Cl2N2O3/c1-14-6-5-11-26(13-14)21-20(16-7-3-4-8-19(16)30-2)22(28)27(23(21)29)18-12-15(24)9-10-17(18)25/h3-4,7-10,12,14H,5-6,11,13H2,1-2H3. The van der Waals surface area contributed by atoms with Crippen LogP contribution >= 0.6 is 23.2 Å². The average Bonchev–Trinajstić information content (AvgIpc) is 2.99. The van der Waals surface area contributed by atoms with E-state index in [0.717, 1.165) is 17.7 Å². The Morgan fingerprint density at radius 1 is 1.07 bits per heavy atom. The molecule has 156 valence electrons. The molecule has 0 N–H and O–H groups in total. The van der Waals surface area contributed by atoms with Gasteiger partial charge in [0.05, 0.1) is 23.4 Å². The van der Waals surface area contributed by atoms with Gasteiger partial charge in [0, 0.05) is 23.7 Å². The van der Waals surface area contributed by atoms with E-state index in [1.807, 2.05) is 17.0 Å². The number of hydrogen-bond donors (Lipinski definition) is 0. The van der Waals surface area contributed by atoms with Gasteiger partial charge < -0.3 is 9.64 Å². The first-order chi connectivity index (χ1) is 14.4. The number of nitrogens with zero attached hydrogens (tertiary/aromatic N) is 2. The molecule has 5 nitrogen and oxygen atoms in total. The van der Waals surface area contributed by atoms with E-state index < -0.39 is 5.91 Å². The molecular weight excluding hydrogens is 423 g/mol.